The predicted octanol–water partition coefficient (Wildman–Crippen LogP) is 3.95. The third-order valence-corrected chi connectivity index (χ3v) is 2.95. The van der Waals surface area contributed by atoms with E-state index in [1.54, 1.807) is 43.0 Å². The maximum absolute atomic E-state index is 13.9. The summed E-state index contributed by atoms with van der Waals surface area (Å²) in [6.07, 6.45) is 6.80. The van der Waals surface area contributed by atoms with E-state index in [1.165, 1.54) is 6.07 Å². The van der Waals surface area contributed by atoms with Gasteiger partial charge in [0.2, 0.25) is 0 Å². The van der Waals surface area contributed by atoms with Crippen molar-refractivity contribution in [1.29, 1.82) is 0 Å². The van der Waals surface area contributed by atoms with Crippen molar-refractivity contribution in [1.82, 2.24) is 9.97 Å². The van der Waals surface area contributed by atoms with E-state index in [0.717, 1.165) is 16.7 Å². The number of halogens is 1. The fraction of sp³-hybridized carbons (Fsp3) is 0. The van der Waals surface area contributed by atoms with Crippen LogP contribution in [0.1, 0.15) is 0 Å². The zero-order valence-electron chi connectivity index (χ0n) is 10.1. The van der Waals surface area contributed by atoms with Crippen molar-refractivity contribution < 1.29 is 4.39 Å². The summed E-state index contributed by atoms with van der Waals surface area (Å²) in [5.74, 6) is -0.237. The quantitative estimate of drug-likeness (QED) is 0.688. The number of aromatic nitrogens is 2. The van der Waals surface area contributed by atoms with Gasteiger partial charge in [0.15, 0.2) is 0 Å². The maximum Gasteiger partial charge on any atom is 0.131 e. The molecule has 3 heteroatoms. The smallest absolute Gasteiger partial charge is 0.131 e. The number of hydrogen-bond donors (Lipinski definition) is 0. The largest absolute Gasteiger partial charge is 0.265 e. The van der Waals surface area contributed by atoms with Gasteiger partial charge < -0.3 is 0 Å². The van der Waals surface area contributed by atoms with Gasteiger partial charge in [0, 0.05) is 35.9 Å². The molecule has 0 aliphatic carbocycles. The van der Waals surface area contributed by atoms with E-state index >= 15 is 0 Å². The van der Waals surface area contributed by atoms with Crippen LogP contribution in [0.15, 0.2) is 67.3 Å². The van der Waals surface area contributed by atoms with Crippen molar-refractivity contribution in [3.63, 3.8) is 0 Å². The summed E-state index contributed by atoms with van der Waals surface area (Å²) in [6.45, 7) is 0. The van der Waals surface area contributed by atoms with Crippen LogP contribution in [0.3, 0.4) is 0 Å². The molecule has 1 aromatic carbocycles. The molecular formula is C16H11FN2. The third kappa shape index (κ3) is 2.36. The Morgan fingerprint density at radius 3 is 2.32 bits per heavy atom. The molecule has 0 unspecified atom stereocenters. The van der Waals surface area contributed by atoms with Gasteiger partial charge in [0.1, 0.15) is 5.82 Å². The molecule has 0 saturated heterocycles. The molecule has 0 amide bonds. The second-order valence-electron chi connectivity index (χ2n) is 4.17. The fourth-order valence-electron chi connectivity index (χ4n) is 1.99. The van der Waals surface area contributed by atoms with Gasteiger partial charge in [0.25, 0.3) is 0 Å². The summed E-state index contributed by atoms with van der Waals surface area (Å²) in [5, 5.41) is 0. The Morgan fingerprint density at radius 2 is 1.58 bits per heavy atom. The summed E-state index contributed by atoms with van der Waals surface area (Å²) in [4.78, 5) is 8.03. The van der Waals surface area contributed by atoms with Gasteiger partial charge in [-0.15, -0.1) is 0 Å². The van der Waals surface area contributed by atoms with Crippen LogP contribution in [0, 0.1) is 5.82 Å². The Kier molecular flexibility index (Phi) is 3.02. The minimum Gasteiger partial charge on any atom is -0.265 e. The molecule has 0 bridgehead atoms. The van der Waals surface area contributed by atoms with Gasteiger partial charge in [-0.2, -0.15) is 0 Å². The first kappa shape index (κ1) is 11.5. The fourth-order valence-corrected chi connectivity index (χ4v) is 1.99. The van der Waals surface area contributed by atoms with Crippen LogP contribution in [0.5, 0.6) is 0 Å². The summed E-state index contributed by atoms with van der Waals surface area (Å²) in [5.41, 5.74) is 3.31. The summed E-state index contributed by atoms with van der Waals surface area (Å²) in [6, 6.07) is 12.5. The van der Waals surface area contributed by atoms with Gasteiger partial charge >= 0.3 is 0 Å². The normalized spacial score (nSPS) is 10.4. The lowest BCUT2D eigenvalue weighted by atomic mass is 10.0. The minimum atomic E-state index is -0.237. The average Bonchev–Trinajstić information content (AvgIpc) is 2.49. The van der Waals surface area contributed by atoms with E-state index in [2.05, 4.69) is 9.97 Å². The van der Waals surface area contributed by atoms with Gasteiger partial charge in [-0.25, -0.2) is 4.39 Å². The first-order chi connectivity index (χ1) is 9.34. The molecule has 92 valence electrons. The lowest BCUT2D eigenvalue weighted by Crippen LogP contribution is -1.87. The molecule has 0 aliphatic rings. The Bertz CT molecular complexity index is 682. The Morgan fingerprint density at radius 1 is 0.737 bits per heavy atom. The van der Waals surface area contributed by atoms with Gasteiger partial charge in [0.05, 0.1) is 0 Å². The lowest BCUT2D eigenvalue weighted by molar-refractivity contribution is 0.631. The highest BCUT2D eigenvalue weighted by molar-refractivity contribution is 5.72. The molecular weight excluding hydrogens is 239 g/mol. The number of hydrogen-bond acceptors (Lipinski definition) is 2. The van der Waals surface area contributed by atoms with E-state index < -0.39 is 0 Å². The SMILES string of the molecule is Fc1ccc(-c2cccnc2)cc1-c1ccncc1. The molecule has 19 heavy (non-hydrogen) atoms. The van der Waals surface area contributed by atoms with Crippen LogP contribution in [-0.4, -0.2) is 9.97 Å². The zero-order chi connectivity index (χ0) is 13.1. The van der Waals surface area contributed by atoms with E-state index in [-0.39, 0.29) is 5.82 Å². The van der Waals surface area contributed by atoms with E-state index in [0.29, 0.717) is 5.56 Å². The highest BCUT2D eigenvalue weighted by Crippen LogP contribution is 2.28. The second kappa shape index (κ2) is 4.98. The third-order valence-electron chi connectivity index (χ3n) is 2.95. The van der Waals surface area contributed by atoms with Gasteiger partial charge in [-0.1, -0.05) is 12.1 Å². The van der Waals surface area contributed by atoms with Crippen molar-refractivity contribution in [3.05, 3.63) is 73.1 Å². The van der Waals surface area contributed by atoms with E-state index in [1.807, 2.05) is 18.2 Å². The molecule has 0 aliphatic heterocycles. The minimum absolute atomic E-state index is 0.237. The first-order valence-electron chi connectivity index (χ1n) is 5.95. The molecule has 3 rings (SSSR count). The molecule has 0 fully saturated rings. The van der Waals surface area contributed by atoms with Crippen molar-refractivity contribution in [2.45, 2.75) is 0 Å². The van der Waals surface area contributed by atoms with Crippen LogP contribution in [-0.2, 0) is 0 Å². The van der Waals surface area contributed by atoms with Crippen molar-refractivity contribution in [2.24, 2.45) is 0 Å². The zero-order valence-corrected chi connectivity index (χ0v) is 10.1. The van der Waals surface area contributed by atoms with E-state index in [4.69, 9.17) is 0 Å². The molecule has 3 aromatic rings. The van der Waals surface area contributed by atoms with Gasteiger partial charge in [-0.3, -0.25) is 9.97 Å². The molecule has 0 saturated carbocycles. The van der Waals surface area contributed by atoms with Crippen molar-refractivity contribution >= 4 is 0 Å². The monoisotopic (exact) mass is 250 g/mol. The molecule has 0 radical (unpaired) electrons. The van der Waals surface area contributed by atoms with Crippen LogP contribution >= 0.6 is 0 Å². The summed E-state index contributed by atoms with van der Waals surface area (Å²) in [7, 11) is 0. The number of pyridine rings is 2. The Labute approximate surface area is 110 Å². The van der Waals surface area contributed by atoms with Crippen LogP contribution in [0.4, 0.5) is 4.39 Å². The second-order valence-corrected chi connectivity index (χ2v) is 4.17. The number of nitrogens with zero attached hydrogens (tertiary/aromatic N) is 2. The molecule has 2 aromatic heterocycles. The highest BCUT2D eigenvalue weighted by Gasteiger charge is 2.07. The van der Waals surface area contributed by atoms with Crippen molar-refractivity contribution in [3.8, 4) is 22.3 Å². The van der Waals surface area contributed by atoms with Crippen LogP contribution in [0.25, 0.3) is 22.3 Å². The van der Waals surface area contributed by atoms with Gasteiger partial charge in [-0.05, 0) is 41.5 Å². The molecule has 0 atom stereocenters. The van der Waals surface area contributed by atoms with Crippen LogP contribution in [0.2, 0.25) is 0 Å². The summed E-state index contributed by atoms with van der Waals surface area (Å²) >= 11 is 0. The maximum atomic E-state index is 13.9. The average molecular weight is 250 g/mol. The standard InChI is InChI=1S/C16H11FN2/c17-16-4-3-13(14-2-1-7-19-11-14)10-15(16)12-5-8-18-9-6-12/h1-11H. The molecule has 0 spiro atoms. The molecule has 2 nitrogen and oxygen atoms in total. The molecule has 0 N–H and O–H groups in total. The Balaban J connectivity index is 2.12. The lowest BCUT2D eigenvalue weighted by Gasteiger charge is -2.07. The Hall–Kier alpha value is -2.55. The number of rotatable bonds is 2. The first-order valence-corrected chi connectivity index (χ1v) is 5.95. The summed E-state index contributed by atoms with van der Waals surface area (Å²) < 4.78 is 13.9. The molecule has 2 heterocycles. The predicted molar refractivity (Wildman–Crippen MR) is 72.9 cm³/mol. The highest BCUT2D eigenvalue weighted by atomic mass is 19.1. The van der Waals surface area contributed by atoms with E-state index in [9.17, 15) is 4.39 Å². The van der Waals surface area contributed by atoms with Crippen LogP contribution < -0.4 is 0 Å². The van der Waals surface area contributed by atoms with Crippen molar-refractivity contribution in [2.75, 3.05) is 0 Å². The topological polar surface area (TPSA) is 25.8 Å². The number of benzene rings is 1.